The number of unbranched alkanes of at least 4 members (excludes halogenated alkanes) is 1. The number of rotatable bonds is 14. The highest BCUT2D eigenvalue weighted by Crippen LogP contribution is 2.65. The van der Waals surface area contributed by atoms with Crippen LogP contribution in [0.1, 0.15) is 117 Å². The van der Waals surface area contributed by atoms with Crippen molar-refractivity contribution in [2.24, 2.45) is 23.2 Å². The van der Waals surface area contributed by atoms with E-state index in [1.807, 2.05) is 6.92 Å². The molecule has 50 heavy (non-hydrogen) atoms. The Kier molecular flexibility index (Phi) is 12.0. The van der Waals surface area contributed by atoms with Crippen molar-refractivity contribution in [3.05, 3.63) is 12.7 Å². The number of likely N-dealkylation sites (tertiary alicyclic amines) is 1. The average molecular weight is 718 g/mol. The van der Waals surface area contributed by atoms with Crippen LogP contribution in [-0.4, -0.2) is 90.6 Å². The van der Waals surface area contributed by atoms with Gasteiger partial charge in [-0.3, -0.25) is 19.2 Å². The standard InChI is InChI=1S/C37H59N5O7S/c1-5-7-17-26(31(43)33(45)38-21-6-2)39-32(44)30-28-25(36(28,3)4)23-42(30)34(46)29(24-15-10-8-11-16-24)40-35(47)41-37(19-12-9-13-20-37)27-18-14-22-50(27,48)49/h6,24-30H,2,5,7-23H2,1,3-4H3,(H,38,45)(H,39,44)(H2,40,41,47)/t25-,26-,27+,28-,29-,30-/m0/s1. The number of nitrogens with one attached hydrogen (secondary N) is 4. The molecule has 2 aliphatic heterocycles. The van der Waals surface area contributed by atoms with Crippen LogP contribution in [0.4, 0.5) is 4.79 Å². The number of fused-ring (bicyclic) bond motifs is 1. The molecule has 5 fully saturated rings. The van der Waals surface area contributed by atoms with Crippen LogP contribution in [0.5, 0.6) is 0 Å². The third-order valence-corrected chi connectivity index (χ3v) is 15.0. The summed E-state index contributed by atoms with van der Waals surface area (Å²) in [5, 5.41) is 10.9. The summed E-state index contributed by atoms with van der Waals surface area (Å²) in [6, 6.07) is -3.28. The highest BCUT2D eigenvalue weighted by Gasteiger charge is 2.70. The molecule has 0 bridgehead atoms. The molecule has 12 nitrogen and oxygen atoms in total. The molecule has 0 unspecified atom stereocenters. The zero-order valence-corrected chi connectivity index (χ0v) is 31.1. The van der Waals surface area contributed by atoms with Crippen LogP contribution >= 0.6 is 0 Å². The predicted octanol–water partition coefficient (Wildman–Crippen LogP) is 3.54. The largest absolute Gasteiger partial charge is 0.346 e. The Labute approximate surface area is 298 Å². The minimum absolute atomic E-state index is 0.0850. The molecule has 2 heterocycles. The van der Waals surface area contributed by atoms with E-state index < -0.39 is 62.4 Å². The first-order chi connectivity index (χ1) is 23.8. The van der Waals surface area contributed by atoms with Gasteiger partial charge in [-0.1, -0.05) is 78.2 Å². The third kappa shape index (κ3) is 7.92. The molecule has 0 aromatic rings. The van der Waals surface area contributed by atoms with Crippen molar-refractivity contribution in [2.45, 2.75) is 146 Å². The maximum atomic E-state index is 14.7. The summed E-state index contributed by atoms with van der Waals surface area (Å²) in [6.45, 7) is 10.2. The van der Waals surface area contributed by atoms with Gasteiger partial charge in [-0.15, -0.1) is 6.58 Å². The van der Waals surface area contributed by atoms with Gasteiger partial charge in [-0.05, 0) is 68.1 Å². The van der Waals surface area contributed by atoms with E-state index in [1.165, 1.54) is 6.08 Å². The first-order valence-electron chi connectivity index (χ1n) is 19.1. The van der Waals surface area contributed by atoms with E-state index in [9.17, 15) is 32.4 Å². The zero-order chi connectivity index (χ0) is 36.3. The molecule has 3 saturated carbocycles. The summed E-state index contributed by atoms with van der Waals surface area (Å²) in [7, 11) is -3.35. The minimum atomic E-state index is -3.35. The second-order valence-corrected chi connectivity index (χ2v) is 18.4. The van der Waals surface area contributed by atoms with Crippen LogP contribution in [0.25, 0.3) is 0 Å². The quantitative estimate of drug-likeness (QED) is 0.157. The van der Waals surface area contributed by atoms with Gasteiger partial charge >= 0.3 is 6.03 Å². The van der Waals surface area contributed by atoms with E-state index in [2.05, 4.69) is 41.7 Å². The molecule has 5 aliphatic rings. The predicted molar refractivity (Wildman–Crippen MR) is 191 cm³/mol. The van der Waals surface area contributed by atoms with Gasteiger partial charge in [0, 0.05) is 13.1 Å². The van der Waals surface area contributed by atoms with Crippen molar-refractivity contribution in [3.8, 4) is 0 Å². The van der Waals surface area contributed by atoms with Crippen molar-refractivity contribution in [1.82, 2.24) is 26.2 Å². The van der Waals surface area contributed by atoms with Crippen molar-refractivity contribution in [3.63, 3.8) is 0 Å². The molecular weight excluding hydrogens is 659 g/mol. The molecule has 13 heteroatoms. The summed E-state index contributed by atoms with van der Waals surface area (Å²) in [5.74, 6) is -2.32. The maximum Gasteiger partial charge on any atom is 0.315 e. The maximum absolute atomic E-state index is 14.7. The molecule has 0 spiro atoms. The number of piperidine rings is 1. The van der Waals surface area contributed by atoms with Crippen LogP contribution < -0.4 is 21.3 Å². The lowest BCUT2D eigenvalue weighted by Gasteiger charge is -2.43. The monoisotopic (exact) mass is 717 g/mol. The summed E-state index contributed by atoms with van der Waals surface area (Å²) >= 11 is 0. The molecule has 0 aromatic carbocycles. The molecular formula is C37H59N5O7S. The number of urea groups is 1. The number of nitrogens with zero attached hydrogens (tertiary/aromatic N) is 1. The van der Waals surface area contributed by atoms with Gasteiger partial charge in [-0.2, -0.15) is 0 Å². The lowest BCUT2D eigenvalue weighted by molar-refractivity contribution is -0.144. The van der Waals surface area contributed by atoms with E-state index in [4.69, 9.17) is 0 Å². The lowest BCUT2D eigenvalue weighted by atomic mass is 9.78. The summed E-state index contributed by atoms with van der Waals surface area (Å²) in [5.41, 5.74) is -1.05. The van der Waals surface area contributed by atoms with Gasteiger partial charge in [0.15, 0.2) is 9.84 Å². The summed E-state index contributed by atoms with van der Waals surface area (Å²) < 4.78 is 26.3. The normalized spacial score (nSPS) is 29.1. The number of carbonyl (C=O) groups excluding carboxylic acids is 5. The van der Waals surface area contributed by atoms with E-state index in [-0.39, 0.29) is 41.4 Å². The molecule has 5 rings (SSSR count). The summed E-state index contributed by atoms with van der Waals surface area (Å²) in [4.78, 5) is 70.2. The number of carbonyl (C=O) groups is 5. The molecule has 280 valence electrons. The second-order valence-electron chi connectivity index (χ2n) is 16.1. The molecule has 6 atom stereocenters. The van der Waals surface area contributed by atoms with Gasteiger partial charge in [0.25, 0.3) is 5.91 Å². The van der Waals surface area contributed by atoms with Crippen LogP contribution in [0.2, 0.25) is 0 Å². The molecule has 2 saturated heterocycles. The Bertz CT molecular complexity index is 1420. The molecule has 4 N–H and O–H groups in total. The van der Waals surface area contributed by atoms with Crippen molar-refractivity contribution >= 4 is 39.4 Å². The number of hydrogen-bond donors (Lipinski definition) is 4. The van der Waals surface area contributed by atoms with E-state index in [0.717, 1.165) is 57.8 Å². The van der Waals surface area contributed by atoms with E-state index in [0.29, 0.717) is 45.1 Å². The summed E-state index contributed by atoms with van der Waals surface area (Å²) in [6.07, 6.45) is 12.5. The molecule has 5 amide bonds. The van der Waals surface area contributed by atoms with Crippen LogP contribution in [0.15, 0.2) is 12.7 Å². The molecule has 0 aromatic heterocycles. The van der Waals surface area contributed by atoms with Gasteiger partial charge in [0.2, 0.25) is 17.6 Å². The van der Waals surface area contributed by atoms with Crippen LogP contribution in [0.3, 0.4) is 0 Å². The first-order valence-corrected chi connectivity index (χ1v) is 20.8. The highest BCUT2D eigenvalue weighted by molar-refractivity contribution is 7.92. The SMILES string of the molecule is C=CCNC(=O)C(=O)[C@H](CCCC)NC(=O)[C@@H]1[C@@H]2[C@H](CN1C(=O)[C@@H](NC(=O)NC1([C@H]3CCCS3(=O)=O)CCCCC1)C1CCCCC1)C2(C)C. The van der Waals surface area contributed by atoms with E-state index in [1.54, 1.807) is 4.90 Å². The Morgan fingerprint density at radius 2 is 1.62 bits per heavy atom. The fourth-order valence-electron chi connectivity index (χ4n) is 9.71. The van der Waals surface area contributed by atoms with Gasteiger partial charge in [0.05, 0.1) is 22.6 Å². The van der Waals surface area contributed by atoms with Crippen LogP contribution in [0, 0.1) is 23.2 Å². The topological polar surface area (TPSA) is 171 Å². The Morgan fingerprint density at radius 1 is 0.940 bits per heavy atom. The number of hydrogen-bond acceptors (Lipinski definition) is 7. The van der Waals surface area contributed by atoms with E-state index >= 15 is 0 Å². The molecule has 0 radical (unpaired) electrons. The van der Waals surface area contributed by atoms with Crippen molar-refractivity contribution in [1.29, 1.82) is 0 Å². The molecule has 3 aliphatic carbocycles. The Morgan fingerprint density at radius 3 is 2.24 bits per heavy atom. The van der Waals surface area contributed by atoms with Gasteiger partial charge in [-0.25, -0.2) is 13.2 Å². The fourth-order valence-corrected chi connectivity index (χ4v) is 12.1. The lowest BCUT2D eigenvalue weighted by Crippen LogP contribution is -2.64. The second kappa shape index (κ2) is 15.7. The smallest absolute Gasteiger partial charge is 0.315 e. The van der Waals surface area contributed by atoms with Gasteiger partial charge < -0.3 is 26.2 Å². The van der Waals surface area contributed by atoms with Crippen molar-refractivity contribution in [2.75, 3.05) is 18.8 Å². The van der Waals surface area contributed by atoms with Gasteiger partial charge in [0.1, 0.15) is 12.1 Å². The van der Waals surface area contributed by atoms with Crippen LogP contribution in [-0.2, 0) is 29.0 Å². The average Bonchev–Trinajstić information content (AvgIpc) is 3.40. The minimum Gasteiger partial charge on any atom is -0.346 e. The fraction of sp³-hybridized carbons (Fsp3) is 0.811. The van der Waals surface area contributed by atoms with Crippen molar-refractivity contribution < 1.29 is 32.4 Å². The first kappa shape index (κ1) is 38.3. The number of amides is 5. The number of ketones is 1. The zero-order valence-electron chi connectivity index (χ0n) is 30.3. The number of sulfone groups is 1. The highest BCUT2D eigenvalue weighted by atomic mass is 32.2. The number of Topliss-reactive ketones (excluding diaryl/α,β-unsaturated/α-hetero) is 1. The Balaban J connectivity index is 1.37. The third-order valence-electron chi connectivity index (χ3n) is 12.6. The Hall–Kier alpha value is -2.96.